The normalized spacial score (nSPS) is 20.5. The molecule has 1 aliphatic rings. The Balaban J connectivity index is 2.23. The van der Waals surface area contributed by atoms with E-state index in [1.54, 1.807) is 18.3 Å². The van der Waals surface area contributed by atoms with E-state index in [9.17, 15) is 4.79 Å². The lowest BCUT2D eigenvalue weighted by Crippen LogP contribution is -2.40. The van der Waals surface area contributed by atoms with Crippen LogP contribution in [-0.2, 0) is 0 Å². The molecular weight excluding hydrogens is 226 g/mol. The molecule has 1 amide bonds. The molecule has 0 saturated carbocycles. The minimum Gasteiger partial charge on any atom is -0.397 e. The molecule has 2 heterocycles. The van der Waals surface area contributed by atoms with E-state index in [1.807, 2.05) is 4.90 Å². The molecule has 1 aromatic heterocycles. The molecular formula is C14H21N3O. The summed E-state index contributed by atoms with van der Waals surface area (Å²) in [6, 6.07) is 3.83. The minimum atomic E-state index is -0.0122. The molecule has 0 aromatic carbocycles. The van der Waals surface area contributed by atoms with Gasteiger partial charge in [0, 0.05) is 18.8 Å². The van der Waals surface area contributed by atoms with Crippen LogP contribution in [-0.4, -0.2) is 28.4 Å². The fraction of sp³-hybridized carbons (Fsp3) is 0.571. The maximum atomic E-state index is 12.5. The molecule has 0 radical (unpaired) electrons. The van der Waals surface area contributed by atoms with Gasteiger partial charge in [0.05, 0.1) is 5.69 Å². The number of pyridine rings is 1. The van der Waals surface area contributed by atoms with Gasteiger partial charge in [0.15, 0.2) is 5.69 Å². The van der Waals surface area contributed by atoms with Gasteiger partial charge in [0.2, 0.25) is 0 Å². The Hall–Kier alpha value is -1.58. The van der Waals surface area contributed by atoms with Gasteiger partial charge in [-0.15, -0.1) is 0 Å². The Morgan fingerprint density at radius 3 is 3.06 bits per heavy atom. The summed E-state index contributed by atoms with van der Waals surface area (Å²) in [7, 11) is 0. The number of carbonyl (C=O) groups excluding carboxylic acids is 1. The van der Waals surface area contributed by atoms with Crippen LogP contribution in [0.2, 0.25) is 0 Å². The number of amides is 1. The molecule has 2 rings (SSSR count). The summed E-state index contributed by atoms with van der Waals surface area (Å²) >= 11 is 0. The third-order valence-corrected chi connectivity index (χ3v) is 3.65. The Morgan fingerprint density at radius 2 is 2.33 bits per heavy atom. The zero-order valence-corrected chi connectivity index (χ0v) is 10.9. The Kier molecular flexibility index (Phi) is 4.18. The molecule has 1 atom stereocenters. The first-order valence-electron chi connectivity index (χ1n) is 6.75. The quantitative estimate of drug-likeness (QED) is 0.873. The third-order valence-electron chi connectivity index (χ3n) is 3.65. The van der Waals surface area contributed by atoms with Crippen LogP contribution in [0, 0.1) is 0 Å². The molecule has 1 saturated heterocycles. The van der Waals surface area contributed by atoms with E-state index in [2.05, 4.69) is 11.9 Å². The van der Waals surface area contributed by atoms with Crippen molar-refractivity contribution in [3.05, 3.63) is 24.0 Å². The molecule has 0 bridgehead atoms. The van der Waals surface area contributed by atoms with Crippen LogP contribution >= 0.6 is 0 Å². The van der Waals surface area contributed by atoms with Crippen LogP contribution in [0.1, 0.15) is 49.5 Å². The molecule has 1 fully saturated rings. The van der Waals surface area contributed by atoms with Crippen molar-refractivity contribution in [1.82, 2.24) is 9.88 Å². The lowest BCUT2D eigenvalue weighted by molar-refractivity contribution is 0.0673. The van der Waals surface area contributed by atoms with Crippen LogP contribution < -0.4 is 5.73 Å². The SMILES string of the molecule is CCC1CCCCCN1C(=O)c1ncccc1N. The van der Waals surface area contributed by atoms with Crippen molar-refractivity contribution in [2.75, 3.05) is 12.3 Å². The van der Waals surface area contributed by atoms with Gasteiger partial charge in [-0.05, 0) is 31.4 Å². The van der Waals surface area contributed by atoms with Crippen molar-refractivity contribution in [2.24, 2.45) is 0 Å². The van der Waals surface area contributed by atoms with Gasteiger partial charge in [-0.25, -0.2) is 4.98 Å². The minimum absolute atomic E-state index is 0.0122. The second-order valence-electron chi connectivity index (χ2n) is 4.85. The highest BCUT2D eigenvalue weighted by molar-refractivity contribution is 5.97. The Bertz CT molecular complexity index is 419. The predicted octanol–water partition coefficient (Wildman–Crippen LogP) is 2.46. The Labute approximate surface area is 108 Å². The second kappa shape index (κ2) is 5.85. The average Bonchev–Trinajstić information content (AvgIpc) is 2.63. The third kappa shape index (κ3) is 2.63. The molecule has 98 valence electrons. The molecule has 4 heteroatoms. The number of nitrogens with two attached hydrogens (primary N) is 1. The highest BCUT2D eigenvalue weighted by Gasteiger charge is 2.26. The summed E-state index contributed by atoms with van der Waals surface area (Å²) in [6.07, 6.45) is 7.21. The number of carbonyl (C=O) groups is 1. The number of aromatic nitrogens is 1. The molecule has 4 nitrogen and oxygen atoms in total. The molecule has 2 N–H and O–H groups in total. The summed E-state index contributed by atoms with van der Waals surface area (Å²) in [5.74, 6) is -0.0122. The molecule has 18 heavy (non-hydrogen) atoms. The average molecular weight is 247 g/mol. The molecule has 1 aromatic rings. The second-order valence-corrected chi connectivity index (χ2v) is 4.85. The monoisotopic (exact) mass is 247 g/mol. The lowest BCUT2D eigenvalue weighted by atomic mass is 10.1. The summed E-state index contributed by atoms with van der Waals surface area (Å²) in [6.45, 7) is 2.96. The number of nitrogen functional groups attached to an aromatic ring is 1. The van der Waals surface area contributed by atoms with Crippen LogP contribution in [0.5, 0.6) is 0 Å². The topological polar surface area (TPSA) is 59.2 Å². The van der Waals surface area contributed by atoms with E-state index in [0.29, 0.717) is 17.4 Å². The van der Waals surface area contributed by atoms with Gasteiger partial charge >= 0.3 is 0 Å². The fourth-order valence-corrected chi connectivity index (χ4v) is 2.60. The van der Waals surface area contributed by atoms with E-state index in [1.165, 1.54) is 12.8 Å². The van der Waals surface area contributed by atoms with E-state index in [-0.39, 0.29) is 5.91 Å². The standard InChI is InChI=1S/C14H21N3O/c1-2-11-7-4-3-5-10-17(11)14(18)13-12(15)8-6-9-16-13/h6,8-9,11H,2-5,7,10,15H2,1H3. The van der Waals surface area contributed by atoms with E-state index in [0.717, 1.165) is 25.8 Å². The van der Waals surface area contributed by atoms with Crippen molar-refractivity contribution in [2.45, 2.75) is 45.1 Å². The van der Waals surface area contributed by atoms with Gasteiger partial charge < -0.3 is 10.6 Å². The van der Waals surface area contributed by atoms with Gasteiger partial charge in [-0.3, -0.25) is 4.79 Å². The number of hydrogen-bond donors (Lipinski definition) is 1. The van der Waals surface area contributed by atoms with Crippen molar-refractivity contribution >= 4 is 11.6 Å². The maximum absolute atomic E-state index is 12.5. The first-order valence-corrected chi connectivity index (χ1v) is 6.75. The van der Waals surface area contributed by atoms with Crippen molar-refractivity contribution in [3.63, 3.8) is 0 Å². The van der Waals surface area contributed by atoms with Crippen LogP contribution in [0.15, 0.2) is 18.3 Å². The predicted molar refractivity (Wildman–Crippen MR) is 72.2 cm³/mol. The maximum Gasteiger partial charge on any atom is 0.274 e. The first kappa shape index (κ1) is 12.9. The summed E-state index contributed by atoms with van der Waals surface area (Å²) in [5.41, 5.74) is 6.72. The van der Waals surface area contributed by atoms with Crippen LogP contribution in [0.25, 0.3) is 0 Å². The number of nitrogens with zero attached hydrogens (tertiary/aromatic N) is 2. The highest BCUT2D eigenvalue weighted by atomic mass is 16.2. The van der Waals surface area contributed by atoms with Gasteiger partial charge in [-0.1, -0.05) is 19.8 Å². The van der Waals surface area contributed by atoms with Crippen molar-refractivity contribution < 1.29 is 4.79 Å². The smallest absolute Gasteiger partial charge is 0.274 e. The number of rotatable bonds is 2. The van der Waals surface area contributed by atoms with Crippen molar-refractivity contribution in [3.8, 4) is 0 Å². The Morgan fingerprint density at radius 1 is 1.50 bits per heavy atom. The summed E-state index contributed by atoms with van der Waals surface area (Å²) < 4.78 is 0. The van der Waals surface area contributed by atoms with E-state index < -0.39 is 0 Å². The highest BCUT2D eigenvalue weighted by Crippen LogP contribution is 2.22. The molecule has 1 unspecified atom stereocenters. The van der Waals surface area contributed by atoms with Gasteiger partial charge in [0.1, 0.15) is 0 Å². The zero-order chi connectivity index (χ0) is 13.0. The molecule has 1 aliphatic heterocycles. The molecule has 0 spiro atoms. The summed E-state index contributed by atoms with van der Waals surface area (Å²) in [4.78, 5) is 18.6. The van der Waals surface area contributed by atoms with Crippen LogP contribution in [0.3, 0.4) is 0 Å². The lowest BCUT2D eigenvalue weighted by Gasteiger charge is -2.29. The molecule has 0 aliphatic carbocycles. The number of likely N-dealkylation sites (tertiary alicyclic amines) is 1. The van der Waals surface area contributed by atoms with Gasteiger partial charge in [-0.2, -0.15) is 0 Å². The van der Waals surface area contributed by atoms with Crippen LogP contribution in [0.4, 0.5) is 5.69 Å². The van der Waals surface area contributed by atoms with E-state index >= 15 is 0 Å². The first-order chi connectivity index (χ1) is 8.74. The van der Waals surface area contributed by atoms with E-state index in [4.69, 9.17) is 5.73 Å². The largest absolute Gasteiger partial charge is 0.397 e. The number of hydrogen-bond acceptors (Lipinski definition) is 3. The summed E-state index contributed by atoms with van der Waals surface area (Å²) in [5, 5.41) is 0. The van der Waals surface area contributed by atoms with Crippen molar-refractivity contribution in [1.29, 1.82) is 0 Å². The van der Waals surface area contributed by atoms with Gasteiger partial charge in [0.25, 0.3) is 5.91 Å². The fourth-order valence-electron chi connectivity index (χ4n) is 2.60. The zero-order valence-electron chi connectivity index (χ0n) is 10.9. The number of anilines is 1.